The molecule has 0 radical (unpaired) electrons. The van der Waals surface area contributed by atoms with Gasteiger partial charge in [0.1, 0.15) is 11.6 Å². The molecule has 3 aromatic carbocycles. The predicted octanol–water partition coefficient (Wildman–Crippen LogP) is 5.78. The molecule has 0 atom stereocenters. The van der Waals surface area contributed by atoms with E-state index in [1.54, 1.807) is 34.2 Å². The van der Waals surface area contributed by atoms with Crippen LogP contribution in [0.15, 0.2) is 66.9 Å². The summed E-state index contributed by atoms with van der Waals surface area (Å²) in [6.07, 6.45) is 1.62. The van der Waals surface area contributed by atoms with Gasteiger partial charge in [0.25, 0.3) is 5.91 Å². The third-order valence-electron chi connectivity index (χ3n) is 7.09. The number of amides is 3. The summed E-state index contributed by atoms with van der Waals surface area (Å²) in [5.41, 5.74) is 3.37. The van der Waals surface area contributed by atoms with Crippen LogP contribution in [0, 0.1) is 6.92 Å². The summed E-state index contributed by atoms with van der Waals surface area (Å²) in [4.78, 5) is 29.9. The molecule has 40 heavy (non-hydrogen) atoms. The number of carbonyl (C=O) groups is 2. The quantitative estimate of drug-likeness (QED) is 0.323. The molecule has 0 aliphatic carbocycles. The van der Waals surface area contributed by atoms with Crippen LogP contribution >= 0.6 is 0 Å². The van der Waals surface area contributed by atoms with Crippen LogP contribution in [0.1, 0.15) is 31.9 Å². The van der Waals surface area contributed by atoms with Crippen LogP contribution in [0.25, 0.3) is 10.8 Å². The lowest BCUT2D eigenvalue weighted by molar-refractivity contribution is -0.137. The molecule has 3 amide bonds. The van der Waals surface area contributed by atoms with E-state index in [2.05, 4.69) is 48.4 Å². The number of H-pyrrole nitrogens is 1. The van der Waals surface area contributed by atoms with E-state index < -0.39 is 0 Å². The molecular formula is C31H35N5O4. The van der Waals surface area contributed by atoms with Crippen molar-refractivity contribution in [3.8, 4) is 5.75 Å². The minimum absolute atomic E-state index is 0.0628. The number of urea groups is 1. The van der Waals surface area contributed by atoms with Gasteiger partial charge < -0.3 is 19.7 Å². The summed E-state index contributed by atoms with van der Waals surface area (Å²) >= 11 is 0. The van der Waals surface area contributed by atoms with Gasteiger partial charge in [-0.05, 0) is 41.7 Å². The van der Waals surface area contributed by atoms with E-state index in [4.69, 9.17) is 9.47 Å². The Kier molecular flexibility index (Phi) is 7.75. The molecule has 1 aliphatic heterocycles. The minimum atomic E-state index is -0.334. The highest BCUT2D eigenvalue weighted by atomic mass is 16.5. The Morgan fingerprint density at radius 1 is 1.05 bits per heavy atom. The number of ether oxygens (including phenoxy) is 2. The first-order valence-electron chi connectivity index (χ1n) is 13.4. The van der Waals surface area contributed by atoms with Gasteiger partial charge in [-0.3, -0.25) is 9.89 Å². The molecule has 2 heterocycles. The van der Waals surface area contributed by atoms with Crippen LogP contribution in [0.3, 0.4) is 0 Å². The van der Waals surface area contributed by atoms with E-state index >= 15 is 0 Å². The van der Waals surface area contributed by atoms with Crippen LogP contribution in [0.2, 0.25) is 0 Å². The molecule has 208 valence electrons. The van der Waals surface area contributed by atoms with Gasteiger partial charge in [-0.1, -0.05) is 57.2 Å². The third-order valence-corrected chi connectivity index (χ3v) is 7.09. The van der Waals surface area contributed by atoms with Gasteiger partial charge in [0.2, 0.25) is 0 Å². The van der Waals surface area contributed by atoms with Crippen molar-refractivity contribution in [3.63, 3.8) is 0 Å². The molecule has 1 aliphatic rings. The topological polar surface area (TPSA) is 99.8 Å². The van der Waals surface area contributed by atoms with Crippen molar-refractivity contribution in [2.75, 3.05) is 43.1 Å². The second-order valence-electron chi connectivity index (χ2n) is 10.9. The summed E-state index contributed by atoms with van der Waals surface area (Å²) in [5, 5.41) is 11.7. The first kappa shape index (κ1) is 27.2. The molecule has 0 bridgehead atoms. The van der Waals surface area contributed by atoms with Crippen molar-refractivity contribution < 1.29 is 19.1 Å². The number of nitrogens with one attached hydrogen (secondary N) is 2. The fourth-order valence-corrected chi connectivity index (χ4v) is 4.76. The number of hydrogen-bond donors (Lipinski definition) is 2. The first-order chi connectivity index (χ1) is 19.2. The number of nitrogens with zero attached hydrogens (tertiary/aromatic N) is 3. The lowest BCUT2D eigenvalue weighted by atomic mass is 9.86. The molecule has 9 heteroatoms. The number of benzene rings is 3. The van der Waals surface area contributed by atoms with Crippen molar-refractivity contribution >= 4 is 39.9 Å². The largest absolute Gasteiger partial charge is 0.483 e. The zero-order chi connectivity index (χ0) is 28.3. The maximum absolute atomic E-state index is 13.9. The average Bonchev–Trinajstić information content (AvgIpc) is 3.48. The molecule has 1 fully saturated rings. The lowest BCUT2D eigenvalue weighted by Crippen LogP contribution is -2.42. The Labute approximate surface area is 234 Å². The molecule has 0 saturated carbocycles. The molecule has 2 N–H and O–H groups in total. The fraction of sp³-hybridized carbons (Fsp3) is 0.323. The van der Waals surface area contributed by atoms with E-state index in [9.17, 15) is 9.59 Å². The molecule has 9 nitrogen and oxygen atoms in total. The van der Waals surface area contributed by atoms with Gasteiger partial charge in [0, 0.05) is 29.9 Å². The zero-order valence-electron chi connectivity index (χ0n) is 23.4. The standard InChI is InChI=1S/C31H35N5O4/c1-21-9-10-22(31(2,3)4)19-26(21)36(28-13-14-32-34-28)30(38)33-25-11-12-27(24-8-6-5-7-23(24)25)40-20-29(37)35-15-17-39-18-16-35/h5-14,19H,15-18,20H2,1-4H3,(H,32,34)(H,33,38). The van der Waals surface area contributed by atoms with Crippen molar-refractivity contribution in [2.45, 2.75) is 33.1 Å². The maximum atomic E-state index is 13.9. The van der Waals surface area contributed by atoms with E-state index in [1.165, 1.54) is 0 Å². The second-order valence-corrected chi connectivity index (χ2v) is 10.9. The monoisotopic (exact) mass is 541 g/mol. The number of carbonyl (C=O) groups excluding carboxylic acids is 2. The normalized spacial score (nSPS) is 13.8. The van der Waals surface area contributed by atoms with Gasteiger partial charge in [-0.25, -0.2) is 9.69 Å². The molecular weight excluding hydrogens is 506 g/mol. The Morgan fingerprint density at radius 2 is 1.80 bits per heavy atom. The van der Waals surface area contributed by atoms with Gasteiger partial charge in [-0.15, -0.1) is 0 Å². The minimum Gasteiger partial charge on any atom is -0.483 e. The Morgan fingerprint density at radius 3 is 2.50 bits per heavy atom. The number of aryl methyl sites for hydroxylation is 1. The molecule has 4 aromatic rings. The van der Waals surface area contributed by atoms with E-state index in [0.29, 0.717) is 43.6 Å². The SMILES string of the molecule is Cc1ccc(C(C)(C)C)cc1N(C(=O)Nc1ccc(OCC(=O)N2CCOCC2)c2ccccc12)c1ccn[nH]1. The summed E-state index contributed by atoms with van der Waals surface area (Å²) in [7, 11) is 0. The highest BCUT2D eigenvalue weighted by Gasteiger charge is 2.25. The van der Waals surface area contributed by atoms with Crippen LogP contribution in [0.4, 0.5) is 22.0 Å². The molecule has 0 spiro atoms. The first-order valence-corrected chi connectivity index (χ1v) is 13.4. The summed E-state index contributed by atoms with van der Waals surface area (Å²) in [5.74, 6) is 1.06. The van der Waals surface area contributed by atoms with Crippen LogP contribution in [-0.2, 0) is 14.9 Å². The number of hydrogen-bond acceptors (Lipinski definition) is 5. The Bertz CT molecular complexity index is 1500. The van der Waals surface area contributed by atoms with E-state index in [0.717, 1.165) is 27.6 Å². The van der Waals surface area contributed by atoms with Crippen LogP contribution in [-0.4, -0.2) is 59.9 Å². The highest BCUT2D eigenvalue weighted by Crippen LogP contribution is 2.35. The van der Waals surface area contributed by atoms with Crippen molar-refractivity contribution in [2.24, 2.45) is 0 Å². The van der Waals surface area contributed by atoms with E-state index in [1.807, 2.05) is 37.3 Å². The predicted molar refractivity (Wildman–Crippen MR) is 156 cm³/mol. The van der Waals surface area contributed by atoms with Gasteiger partial charge in [-0.2, -0.15) is 5.10 Å². The van der Waals surface area contributed by atoms with Gasteiger partial charge in [0.15, 0.2) is 6.61 Å². The van der Waals surface area contributed by atoms with Crippen LogP contribution < -0.4 is 15.0 Å². The molecule has 5 rings (SSSR count). The number of fused-ring (bicyclic) bond motifs is 1. The Hall–Kier alpha value is -4.37. The van der Waals surface area contributed by atoms with Crippen molar-refractivity contribution in [1.82, 2.24) is 15.1 Å². The molecule has 0 unspecified atom stereocenters. The summed E-state index contributed by atoms with van der Waals surface area (Å²) in [6.45, 7) is 10.6. The van der Waals surface area contributed by atoms with E-state index in [-0.39, 0.29) is 24.0 Å². The molecule has 1 aromatic heterocycles. The number of morpholine rings is 1. The second kappa shape index (κ2) is 11.4. The average molecular weight is 542 g/mol. The van der Waals surface area contributed by atoms with Gasteiger partial charge >= 0.3 is 6.03 Å². The van der Waals surface area contributed by atoms with Crippen molar-refractivity contribution in [3.05, 3.63) is 78.0 Å². The highest BCUT2D eigenvalue weighted by molar-refractivity contribution is 6.11. The summed E-state index contributed by atoms with van der Waals surface area (Å²) in [6, 6.07) is 18.9. The summed E-state index contributed by atoms with van der Waals surface area (Å²) < 4.78 is 11.3. The maximum Gasteiger partial charge on any atom is 0.332 e. The fourth-order valence-electron chi connectivity index (χ4n) is 4.76. The number of aromatic nitrogens is 2. The number of aromatic amines is 1. The Balaban J connectivity index is 1.43. The lowest BCUT2D eigenvalue weighted by Gasteiger charge is -2.27. The molecule has 1 saturated heterocycles. The zero-order valence-corrected chi connectivity index (χ0v) is 23.4. The van der Waals surface area contributed by atoms with Crippen molar-refractivity contribution in [1.29, 1.82) is 0 Å². The number of anilines is 3. The van der Waals surface area contributed by atoms with Crippen LogP contribution in [0.5, 0.6) is 5.75 Å². The third kappa shape index (κ3) is 5.79. The van der Waals surface area contributed by atoms with Gasteiger partial charge in [0.05, 0.1) is 30.8 Å². The smallest absolute Gasteiger partial charge is 0.332 e. The number of rotatable bonds is 6.